The molecule has 0 spiro atoms. The largest absolute Gasteiger partial charge is 0.465 e. The number of hydrogen-bond donors (Lipinski definition) is 0. The van der Waals surface area contributed by atoms with Crippen LogP contribution < -0.4 is 0 Å². The highest BCUT2D eigenvalue weighted by atomic mass is 32.2. The molecule has 28 heavy (non-hydrogen) atoms. The first-order chi connectivity index (χ1) is 12.7. The highest BCUT2D eigenvalue weighted by molar-refractivity contribution is 8.00. The number of nitro benzene ring substituents is 1. The number of alkyl halides is 7. The van der Waals surface area contributed by atoms with Crippen LogP contribution in [0.5, 0.6) is 0 Å². The second kappa shape index (κ2) is 8.63. The van der Waals surface area contributed by atoms with E-state index in [-0.39, 0.29) is 17.6 Å². The highest BCUT2D eigenvalue weighted by Gasteiger charge is 2.76. The van der Waals surface area contributed by atoms with E-state index in [1.165, 1.54) is 6.92 Å². The summed E-state index contributed by atoms with van der Waals surface area (Å²) in [5, 5.41) is 4.95. The van der Waals surface area contributed by atoms with E-state index in [4.69, 9.17) is 0 Å². The van der Waals surface area contributed by atoms with Gasteiger partial charge in [-0.1, -0.05) is 0 Å². The summed E-state index contributed by atoms with van der Waals surface area (Å²) in [6.07, 6.45) is -6.70. The first-order valence-corrected chi connectivity index (χ1v) is 9.11. The molecule has 0 heterocycles. The molecular weight excluding hydrogens is 447 g/mol. The average molecular weight is 457 g/mol. The topological polar surface area (TPSA) is 86.5 Å². The molecule has 158 valence electrons. The van der Waals surface area contributed by atoms with E-state index in [0.717, 1.165) is 0 Å². The van der Waals surface area contributed by atoms with Crippen molar-refractivity contribution in [2.45, 2.75) is 34.1 Å². The summed E-state index contributed by atoms with van der Waals surface area (Å²) in [6, 6.07) is 1.36. The summed E-state index contributed by atoms with van der Waals surface area (Å²) in [4.78, 5) is 19.5. The van der Waals surface area contributed by atoms with Gasteiger partial charge in [0.15, 0.2) is 0 Å². The van der Waals surface area contributed by atoms with Crippen molar-refractivity contribution in [3.05, 3.63) is 28.3 Å². The van der Waals surface area contributed by atoms with E-state index >= 15 is 0 Å². The Balaban J connectivity index is 3.26. The minimum Gasteiger partial charge on any atom is -0.465 e. The summed E-state index contributed by atoms with van der Waals surface area (Å²) < 4.78 is 106. The molecule has 1 aromatic rings. The third-order valence-corrected chi connectivity index (χ3v) is 5.39. The molecule has 0 aromatic heterocycles. The van der Waals surface area contributed by atoms with Crippen molar-refractivity contribution in [3.63, 3.8) is 0 Å². The van der Waals surface area contributed by atoms with Gasteiger partial charge in [0, 0.05) is 6.07 Å². The number of benzene rings is 1. The number of esters is 1. The predicted molar refractivity (Wildman–Crippen MR) is 82.8 cm³/mol. The average Bonchev–Trinajstić information content (AvgIpc) is 2.58. The van der Waals surface area contributed by atoms with Crippen LogP contribution in [-0.2, 0) is 20.3 Å². The van der Waals surface area contributed by atoms with Crippen LogP contribution in [0.4, 0.5) is 36.4 Å². The van der Waals surface area contributed by atoms with E-state index in [2.05, 4.69) is 4.74 Å². The van der Waals surface area contributed by atoms with Crippen molar-refractivity contribution in [3.8, 4) is 0 Å². The lowest BCUT2D eigenvalue weighted by Gasteiger charge is -2.27. The smallest absolute Gasteiger partial charge is 0.461 e. The van der Waals surface area contributed by atoms with E-state index < -0.39 is 55.4 Å². The number of carbonyl (C=O) groups excluding carboxylic acids is 1. The van der Waals surface area contributed by atoms with Crippen molar-refractivity contribution in [2.24, 2.45) is 0 Å². The van der Waals surface area contributed by atoms with Crippen molar-refractivity contribution in [1.82, 2.24) is 0 Å². The van der Waals surface area contributed by atoms with Gasteiger partial charge < -0.3 is 4.74 Å². The molecule has 0 bridgehead atoms. The van der Waals surface area contributed by atoms with Gasteiger partial charge in [-0.15, -0.1) is 11.8 Å². The van der Waals surface area contributed by atoms with Crippen molar-refractivity contribution in [1.29, 1.82) is 0 Å². The molecule has 0 saturated heterocycles. The van der Waals surface area contributed by atoms with Crippen molar-refractivity contribution >= 4 is 34.2 Å². The number of carbonyl (C=O) groups is 1. The molecule has 1 unspecified atom stereocenters. The lowest BCUT2D eigenvalue weighted by Crippen LogP contribution is -2.54. The Bertz CT molecular complexity index is 785. The van der Waals surface area contributed by atoms with Gasteiger partial charge in [0.1, 0.15) is 10.8 Å². The number of thioether (sulfide) groups is 1. The number of halogens is 7. The Labute approximate surface area is 159 Å². The molecular formula is C13H10F7NO5S2. The number of hydrogen-bond acceptors (Lipinski definition) is 6. The van der Waals surface area contributed by atoms with E-state index in [0.29, 0.717) is 23.9 Å². The van der Waals surface area contributed by atoms with Gasteiger partial charge in [0.25, 0.3) is 5.69 Å². The van der Waals surface area contributed by atoms with Crippen LogP contribution >= 0.6 is 11.8 Å². The second-order valence-corrected chi connectivity index (χ2v) is 7.38. The number of ether oxygens (including phenoxy) is 1. The summed E-state index contributed by atoms with van der Waals surface area (Å²) in [7, 11) is -4.27. The summed E-state index contributed by atoms with van der Waals surface area (Å²) in [5.74, 6) is -7.85. The maximum Gasteiger partial charge on any atom is 0.461 e. The molecule has 0 N–H and O–H groups in total. The molecule has 6 nitrogen and oxygen atoms in total. The zero-order valence-electron chi connectivity index (χ0n) is 13.6. The first-order valence-electron chi connectivity index (χ1n) is 6.97. The van der Waals surface area contributed by atoms with Gasteiger partial charge in [-0.2, -0.15) is 30.7 Å². The Morgan fingerprint density at radius 1 is 1.21 bits per heavy atom. The van der Waals surface area contributed by atoms with Crippen molar-refractivity contribution in [2.75, 3.05) is 12.4 Å². The van der Waals surface area contributed by atoms with Gasteiger partial charge in [0.2, 0.25) is 0 Å². The van der Waals surface area contributed by atoms with Crippen LogP contribution in [0, 0.1) is 10.1 Å². The number of rotatable bonds is 8. The Morgan fingerprint density at radius 3 is 2.25 bits per heavy atom. The predicted octanol–water partition coefficient (Wildman–Crippen LogP) is 4.15. The third-order valence-electron chi connectivity index (χ3n) is 2.95. The highest BCUT2D eigenvalue weighted by Crippen LogP contribution is 2.49. The quantitative estimate of drug-likeness (QED) is 0.192. The molecule has 1 atom stereocenters. The Morgan fingerprint density at radius 2 is 1.79 bits per heavy atom. The first kappa shape index (κ1) is 24.1. The van der Waals surface area contributed by atoms with E-state index in [1.54, 1.807) is 0 Å². The Kier molecular flexibility index (Phi) is 7.44. The normalized spacial score (nSPS) is 13.9. The molecule has 0 saturated carbocycles. The summed E-state index contributed by atoms with van der Waals surface area (Å²) in [5.41, 5.74) is -1.01. The lowest BCUT2D eigenvalue weighted by atomic mass is 10.3. The van der Waals surface area contributed by atoms with Crippen LogP contribution in [0.1, 0.15) is 6.92 Å². The Hall–Kier alpha value is -1.90. The summed E-state index contributed by atoms with van der Waals surface area (Å²) in [6.45, 7) is 1.51. The molecule has 0 aliphatic heterocycles. The minimum atomic E-state index is -6.70. The molecule has 0 fully saturated rings. The lowest BCUT2D eigenvalue weighted by molar-refractivity contribution is -0.388. The fourth-order valence-electron chi connectivity index (χ4n) is 1.65. The van der Waals surface area contributed by atoms with Crippen LogP contribution in [0.15, 0.2) is 28.0 Å². The molecule has 15 heteroatoms. The van der Waals surface area contributed by atoms with Gasteiger partial charge in [-0.25, -0.2) is 4.21 Å². The number of nitrogens with zero attached hydrogens (tertiary/aromatic N) is 1. The molecule has 0 amide bonds. The molecule has 0 aliphatic rings. The third kappa shape index (κ3) is 4.92. The molecule has 0 radical (unpaired) electrons. The van der Waals surface area contributed by atoms with Gasteiger partial charge >= 0.3 is 23.3 Å². The monoisotopic (exact) mass is 457 g/mol. The maximum absolute atomic E-state index is 13.5. The second-order valence-electron chi connectivity index (χ2n) is 4.84. The molecule has 1 aromatic carbocycles. The van der Waals surface area contributed by atoms with Crippen LogP contribution in [0.2, 0.25) is 0 Å². The minimum absolute atomic E-state index is 0.0158. The van der Waals surface area contributed by atoms with E-state index in [9.17, 15) is 49.9 Å². The van der Waals surface area contributed by atoms with E-state index in [1.807, 2.05) is 0 Å². The standard InChI is InChI=1S/C13H10F7NO5S2/c1-2-26-10(22)6-27-9-4-3-7(5-8(9)21(23)24)28(25)13(19,20)11(14,15)12(16,17)18/h3-5H,2,6H2,1H3. The SMILES string of the molecule is CCOC(=O)CSc1ccc(S(=O)C(F)(F)C(F)(F)C(F)(F)F)cc1[N+](=O)[O-]. The molecule has 1 rings (SSSR count). The zero-order valence-corrected chi connectivity index (χ0v) is 15.2. The maximum atomic E-state index is 13.5. The number of nitro groups is 1. The van der Waals surface area contributed by atoms with Gasteiger partial charge in [0.05, 0.1) is 27.1 Å². The summed E-state index contributed by atoms with van der Waals surface area (Å²) >= 11 is 0.530. The van der Waals surface area contributed by atoms with Gasteiger partial charge in [-0.3, -0.25) is 14.9 Å². The fourth-order valence-corrected chi connectivity index (χ4v) is 3.50. The zero-order chi connectivity index (χ0) is 21.9. The van der Waals surface area contributed by atoms with Crippen LogP contribution in [0.25, 0.3) is 0 Å². The van der Waals surface area contributed by atoms with Crippen molar-refractivity contribution < 1.29 is 49.4 Å². The van der Waals surface area contributed by atoms with Crippen LogP contribution in [-0.4, -0.2) is 44.8 Å². The fraction of sp³-hybridized carbons (Fsp3) is 0.462. The molecule has 0 aliphatic carbocycles. The van der Waals surface area contributed by atoms with Gasteiger partial charge in [-0.05, 0) is 19.1 Å². The van der Waals surface area contributed by atoms with Crippen LogP contribution in [0.3, 0.4) is 0 Å².